The van der Waals surface area contributed by atoms with Crippen molar-refractivity contribution in [1.82, 2.24) is 20.0 Å². The van der Waals surface area contributed by atoms with Crippen molar-refractivity contribution in [1.29, 1.82) is 0 Å². The van der Waals surface area contributed by atoms with Gasteiger partial charge < -0.3 is 9.80 Å². The van der Waals surface area contributed by atoms with Gasteiger partial charge >= 0.3 is 0 Å². The summed E-state index contributed by atoms with van der Waals surface area (Å²) in [6.07, 6.45) is 3.84. The Labute approximate surface area is 156 Å². The van der Waals surface area contributed by atoms with Crippen molar-refractivity contribution in [3.8, 4) is 0 Å². The molecule has 1 aromatic rings. The molecule has 3 heterocycles. The molecule has 3 rings (SSSR count). The second-order valence-corrected chi connectivity index (χ2v) is 8.64. The van der Waals surface area contributed by atoms with Gasteiger partial charge in [-0.1, -0.05) is 13.8 Å². The number of aromatic nitrogens is 2. The highest BCUT2D eigenvalue weighted by Crippen LogP contribution is 2.41. The van der Waals surface area contributed by atoms with Gasteiger partial charge in [0.25, 0.3) is 0 Å². The number of aromatic amines is 1. The Balaban J connectivity index is 1.50. The number of nitrogens with zero attached hydrogens (tertiary/aromatic N) is 3. The molecule has 0 aliphatic carbocycles. The van der Waals surface area contributed by atoms with Crippen molar-refractivity contribution in [2.75, 3.05) is 26.2 Å². The van der Waals surface area contributed by atoms with Crippen LogP contribution in [0.2, 0.25) is 0 Å². The molecular formula is C20H32N4O2. The molecule has 6 nitrogen and oxygen atoms in total. The summed E-state index contributed by atoms with van der Waals surface area (Å²) in [6.45, 7) is 11.6. The van der Waals surface area contributed by atoms with E-state index in [4.69, 9.17) is 0 Å². The molecule has 2 amide bonds. The molecule has 0 unspecified atom stereocenters. The van der Waals surface area contributed by atoms with E-state index < -0.39 is 0 Å². The third kappa shape index (κ3) is 3.94. The van der Waals surface area contributed by atoms with Crippen LogP contribution in [0.5, 0.6) is 0 Å². The molecule has 1 N–H and O–H groups in total. The second-order valence-electron chi connectivity index (χ2n) is 8.64. The monoisotopic (exact) mass is 360 g/mol. The Morgan fingerprint density at radius 1 is 1.27 bits per heavy atom. The zero-order chi connectivity index (χ0) is 18.9. The molecule has 2 aliphatic heterocycles. The average molecular weight is 361 g/mol. The highest BCUT2D eigenvalue weighted by atomic mass is 16.2. The van der Waals surface area contributed by atoms with Crippen molar-refractivity contribution < 1.29 is 9.59 Å². The van der Waals surface area contributed by atoms with E-state index in [2.05, 4.69) is 24.0 Å². The summed E-state index contributed by atoms with van der Waals surface area (Å²) in [5.41, 5.74) is 3.31. The molecular weight excluding hydrogens is 328 g/mol. The van der Waals surface area contributed by atoms with Crippen LogP contribution in [0.3, 0.4) is 0 Å². The van der Waals surface area contributed by atoms with Gasteiger partial charge in [-0.3, -0.25) is 14.7 Å². The predicted octanol–water partition coefficient (Wildman–Crippen LogP) is 2.46. The molecule has 2 saturated heterocycles. The number of carbonyl (C=O) groups is 2. The zero-order valence-corrected chi connectivity index (χ0v) is 16.6. The molecule has 1 aromatic heterocycles. The highest BCUT2D eigenvalue weighted by Gasteiger charge is 2.45. The van der Waals surface area contributed by atoms with Crippen LogP contribution in [0.15, 0.2) is 0 Å². The van der Waals surface area contributed by atoms with E-state index in [1.54, 1.807) is 0 Å². The summed E-state index contributed by atoms with van der Waals surface area (Å²) >= 11 is 0. The van der Waals surface area contributed by atoms with E-state index in [1.807, 2.05) is 23.6 Å². The third-order valence-corrected chi connectivity index (χ3v) is 6.04. The van der Waals surface area contributed by atoms with E-state index >= 15 is 0 Å². The average Bonchev–Trinajstić information content (AvgIpc) is 3.05. The fraction of sp³-hybridized carbons (Fsp3) is 0.750. The van der Waals surface area contributed by atoms with Crippen molar-refractivity contribution in [3.63, 3.8) is 0 Å². The minimum Gasteiger partial charge on any atom is -0.343 e. The minimum atomic E-state index is 0.0977. The maximum absolute atomic E-state index is 12.6. The molecule has 1 spiro atoms. The number of nitrogens with one attached hydrogen (secondary N) is 1. The molecule has 0 aromatic carbocycles. The van der Waals surface area contributed by atoms with E-state index in [9.17, 15) is 9.59 Å². The predicted molar refractivity (Wildman–Crippen MR) is 101 cm³/mol. The molecule has 2 aliphatic rings. The quantitative estimate of drug-likeness (QED) is 0.877. The van der Waals surface area contributed by atoms with Crippen molar-refractivity contribution in [3.05, 3.63) is 17.0 Å². The van der Waals surface area contributed by atoms with Gasteiger partial charge in [0.05, 0.1) is 5.69 Å². The summed E-state index contributed by atoms with van der Waals surface area (Å²) in [5, 5.41) is 7.19. The Hall–Kier alpha value is -1.85. The first-order valence-corrected chi connectivity index (χ1v) is 9.86. The standard InChI is InChI=1S/C20H32N4O2/c1-14(2)12-24-13-20(11-19(24)26)7-9-23(10-8-20)18(25)6-5-17-15(3)21-22-16(17)4/h14H,5-13H2,1-4H3,(H,21,22). The summed E-state index contributed by atoms with van der Waals surface area (Å²) < 4.78 is 0. The highest BCUT2D eigenvalue weighted by molar-refractivity contribution is 5.80. The van der Waals surface area contributed by atoms with Crippen molar-refractivity contribution in [2.24, 2.45) is 11.3 Å². The van der Waals surface area contributed by atoms with Crippen LogP contribution in [0.25, 0.3) is 0 Å². The number of rotatable bonds is 5. The number of hydrogen-bond acceptors (Lipinski definition) is 3. The summed E-state index contributed by atoms with van der Waals surface area (Å²) in [5.74, 6) is 1.03. The first kappa shape index (κ1) is 18.9. The molecule has 6 heteroatoms. The van der Waals surface area contributed by atoms with Gasteiger partial charge in [0, 0.05) is 50.1 Å². The van der Waals surface area contributed by atoms with Gasteiger partial charge in [0.2, 0.25) is 11.8 Å². The Morgan fingerprint density at radius 2 is 1.96 bits per heavy atom. The van der Waals surface area contributed by atoms with Crippen LogP contribution in [-0.2, 0) is 16.0 Å². The SMILES string of the molecule is Cc1n[nH]c(C)c1CCC(=O)N1CCC2(CC1)CC(=O)N(CC(C)C)C2. The van der Waals surface area contributed by atoms with Crippen molar-refractivity contribution >= 4 is 11.8 Å². The van der Waals surface area contributed by atoms with Crippen LogP contribution in [0.4, 0.5) is 0 Å². The smallest absolute Gasteiger partial charge is 0.223 e. The number of piperidine rings is 1. The van der Waals surface area contributed by atoms with E-state index in [1.165, 1.54) is 0 Å². The molecule has 0 bridgehead atoms. The Bertz CT molecular complexity index is 652. The number of amides is 2. The lowest BCUT2D eigenvalue weighted by molar-refractivity contribution is -0.133. The van der Waals surface area contributed by atoms with Crippen molar-refractivity contribution in [2.45, 2.75) is 59.8 Å². The maximum Gasteiger partial charge on any atom is 0.223 e. The lowest BCUT2D eigenvalue weighted by Gasteiger charge is -2.39. The number of aryl methyl sites for hydroxylation is 2. The molecule has 0 atom stereocenters. The summed E-state index contributed by atoms with van der Waals surface area (Å²) in [6, 6.07) is 0. The van der Waals surface area contributed by atoms with Crippen LogP contribution in [0, 0.1) is 25.2 Å². The normalized spacial score (nSPS) is 19.8. The fourth-order valence-electron chi connectivity index (χ4n) is 4.49. The van der Waals surface area contributed by atoms with Crippen LogP contribution >= 0.6 is 0 Å². The topological polar surface area (TPSA) is 69.3 Å². The lowest BCUT2D eigenvalue weighted by atomic mass is 9.77. The van der Waals surface area contributed by atoms with Gasteiger partial charge in [-0.05, 0) is 44.6 Å². The molecule has 26 heavy (non-hydrogen) atoms. The van der Waals surface area contributed by atoms with Gasteiger partial charge in [0.1, 0.15) is 0 Å². The lowest BCUT2D eigenvalue weighted by Crippen LogP contribution is -2.44. The second kappa shape index (κ2) is 7.41. The number of likely N-dealkylation sites (tertiary alicyclic amines) is 2. The Kier molecular flexibility index (Phi) is 5.39. The van der Waals surface area contributed by atoms with E-state index in [0.29, 0.717) is 24.7 Å². The molecule has 144 valence electrons. The number of H-pyrrole nitrogens is 1. The van der Waals surface area contributed by atoms with E-state index in [0.717, 1.165) is 62.4 Å². The largest absolute Gasteiger partial charge is 0.343 e. The summed E-state index contributed by atoms with van der Waals surface area (Å²) in [4.78, 5) is 29.0. The van der Waals surface area contributed by atoms with E-state index in [-0.39, 0.29) is 11.3 Å². The zero-order valence-electron chi connectivity index (χ0n) is 16.6. The molecule has 0 saturated carbocycles. The van der Waals surface area contributed by atoms with Crippen LogP contribution < -0.4 is 0 Å². The third-order valence-electron chi connectivity index (χ3n) is 6.04. The summed E-state index contributed by atoms with van der Waals surface area (Å²) in [7, 11) is 0. The number of carbonyl (C=O) groups excluding carboxylic acids is 2. The molecule has 0 radical (unpaired) electrons. The van der Waals surface area contributed by atoms with Gasteiger partial charge in [0.15, 0.2) is 0 Å². The number of hydrogen-bond donors (Lipinski definition) is 1. The maximum atomic E-state index is 12.6. The van der Waals surface area contributed by atoms with Crippen LogP contribution in [-0.4, -0.2) is 58.0 Å². The Morgan fingerprint density at radius 3 is 2.54 bits per heavy atom. The van der Waals surface area contributed by atoms with Gasteiger partial charge in [-0.2, -0.15) is 5.10 Å². The van der Waals surface area contributed by atoms with Gasteiger partial charge in [-0.25, -0.2) is 0 Å². The first-order chi connectivity index (χ1) is 12.3. The minimum absolute atomic E-state index is 0.0977. The fourth-order valence-corrected chi connectivity index (χ4v) is 4.49. The van der Waals surface area contributed by atoms with Crippen LogP contribution in [0.1, 0.15) is 56.5 Å². The van der Waals surface area contributed by atoms with Gasteiger partial charge in [-0.15, -0.1) is 0 Å². The first-order valence-electron chi connectivity index (χ1n) is 9.86. The molecule has 2 fully saturated rings.